The molecule has 0 radical (unpaired) electrons. The minimum atomic E-state index is 0.00422. The van der Waals surface area contributed by atoms with Gasteiger partial charge in [-0.25, -0.2) is 0 Å². The van der Waals surface area contributed by atoms with Crippen molar-refractivity contribution in [3.8, 4) is 5.75 Å². The van der Waals surface area contributed by atoms with E-state index in [4.69, 9.17) is 4.74 Å². The first kappa shape index (κ1) is 14.3. The summed E-state index contributed by atoms with van der Waals surface area (Å²) in [5, 5.41) is 0. The smallest absolute Gasteiger partial charge is 0.200 e. The van der Waals surface area contributed by atoms with E-state index in [2.05, 4.69) is 19.9 Å². The maximum Gasteiger partial charge on any atom is 0.200 e. The Morgan fingerprint density at radius 2 is 1.70 bits per heavy atom. The number of hydrogen-bond acceptors (Lipinski definition) is 2. The Labute approximate surface area is 120 Å². The number of hydrogen-bond donors (Lipinski definition) is 0. The summed E-state index contributed by atoms with van der Waals surface area (Å²) in [6, 6.07) is 17.2. The van der Waals surface area contributed by atoms with E-state index in [0.717, 1.165) is 17.7 Å². The molecule has 20 heavy (non-hydrogen) atoms. The van der Waals surface area contributed by atoms with Crippen LogP contribution >= 0.6 is 0 Å². The molecule has 104 valence electrons. The van der Waals surface area contributed by atoms with Crippen molar-refractivity contribution in [3.63, 3.8) is 0 Å². The first-order valence-corrected chi connectivity index (χ1v) is 7.02. The van der Waals surface area contributed by atoms with Gasteiger partial charge in [0.1, 0.15) is 5.75 Å². The Morgan fingerprint density at radius 1 is 1.05 bits per heavy atom. The van der Waals surface area contributed by atoms with Crippen LogP contribution in [0.15, 0.2) is 54.6 Å². The molecule has 2 aromatic carbocycles. The predicted octanol–water partition coefficient (Wildman–Crippen LogP) is 4.46. The minimum absolute atomic E-state index is 0.00422. The highest BCUT2D eigenvalue weighted by atomic mass is 16.5. The molecule has 2 aromatic rings. The maximum atomic E-state index is 12.0. The Balaban J connectivity index is 2.06. The molecule has 0 aromatic heterocycles. The average molecular weight is 268 g/mol. The van der Waals surface area contributed by atoms with Crippen LogP contribution in [0.4, 0.5) is 0 Å². The average Bonchev–Trinajstić information content (AvgIpc) is 2.53. The van der Waals surface area contributed by atoms with Gasteiger partial charge in [-0.2, -0.15) is 0 Å². The molecule has 2 nitrogen and oxygen atoms in total. The lowest BCUT2D eigenvalue weighted by Gasteiger charge is -2.15. The van der Waals surface area contributed by atoms with Gasteiger partial charge in [-0.05, 0) is 24.0 Å². The second kappa shape index (κ2) is 6.90. The summed E-state index contributed by atoms with van der Waals surface area (Å²) >= 11 is 0. The topological polar surface area (TPSA) is 26.3 Å². The van der Waals surface area contributed by atoms with Crippen molar-refractivity contribution in [2.24, 2.45) is 0 Å². The number of ketones is 1. The summed E-state index contributed by atoms with van der Waals surface area (Å²) in [5.41, 5.74) is 1.85. The fourth-order valence-electron chi connectivity index (χ4n) is 2.09. The van der Waals surface area contributed by atoms with Crippen molar-refractivity contribution in [2.75, 3.05) is 6.61 Å². The van der Waals surface area contributed by atoms with E-state index in [0.29, 0.717) is 11.5 Å². The lowest BCUT2D eigenvalue weighted by atomic mass is 9.98. The lowest BCUT2D eigenvalue weighted by Crippen LogP contribution is -2.12. The molecule has 0 heterocycles. The molecule has 0 bridgehead atoms. The number of Topliss-reactive ketones (excluding diaryl/α,β-unsaturated/α-hetero) is 1. The van der Waals surface area contributed by atoms with Crippen LogP contribution in [0, 0.1) is 0 Å². The molecule has 1 unspecified atom stereocenters. The Hall–Kier alpha value is -2.09. The van der Waals surface area contributed by atoms with Crippen LogP contribution in [-0.2, 0) is 0 Å². The zero-order valence-corrected chi connectivity index (χ0v) is 12.0. The van der Waals surface area contributed by atoms with Crippen molar-refractivity contribution in [2.45, 2.75) is 26.2 Å². The van der Waals surface area contributed by atoms with Crippen molar-refractivity contribution in [3.05, 3.63) is 65.7 Å². The van der Waals surface area contributed by atoms with Gasteiger partial charge in [0.05, 0.1) is 0 Å². The van der Waals surface area contributed by atoms with Crippen LogP contribution in [0.5, 0.6) is 5.75 Å². The number of carbonyl (C=O) groups is 1. The molecule has 0 aliphatic heterocycles. The largest absolute Gasteiger partial charge is 0.485 e. The number of rotatable bonds is 6. The van der Waals surface area contributed by atoms with E-state index in [1.807, 2.05) is 48.5 Å². The molecular formula is C18H20O2. The molecule has 0 saturated carbocycles. The SMILES string of the molecule is CCC(C)c1ccccc1OCC(=O)c1ccccc1. The normalized spacial score (nSPS) is 11.9. The van der Waals surface area contributed by atoms with Gasteiger partial charge in [0.25, 0.3) is 0 Å². The van der Waals surface area contributed by atoms with Crippen LogP contribution in [0.2, 0.25) is 0 Å². The Morgan fingerprint density at radius 3 is 2.40 bits per heavy atom. The summed E-state index contributed by atoms with van der Waals surface area (Å²) in [5.74, 6) is 1.24. The minimum Gasteiger partial charge on any atom is -0.485 e. The fraction of sp³-hybridized carbons (Fsp3) is 0.278. The first-order chi connectivity index (χ1) is 9.72. The second-order valence-corrected chi connectivity index (χ2v) is 4.92. The van der Waals surface area contributed by atoms with Gasteiger partial charge in [0, 0.05) is 5.56 Å². The quantitative estimate of drug-likeness (QED) is 0.723. The number of benzene rings is 2. The van der Waals surface area contributed by atoms with E-state index in [1.165, 1.54) is 0 Å². The molecule has 0 spiro atoms. The molecule has 0 fully saturated rings. The van der Waals surface area contributed by atoms with Crippen molar-refractivity contribution in [1.29, 1.82) is 0 Å². The standard InChI is InChI=1S/C18H20O2/c1-3-14(2)16-11-7-8-12-18(16)20-13-17(19)15-9-5-4-6-10-15/h4-12,14H,3,13H2,1-2H3. The van der Waals surface area contributed by atoms with Crippen LogP contribution in [0.25, 0.3) is 0 Å². The Bertz CT molecular complexity index is 561. The fourth-order valence-corrected chi connectivity index (χ4v) is 2.09. The monoisotopic (exact) mass is 268 g/mol. The molecule has 1 atom stereocenters. The van der Waals surface area contributed by atoms with Gasteiger partial charge in [-0.1, -0.05) is 62.4 Å². The van der Waals surface area contributed by atoms with E-state index in [1.54, 1.807) is 0 Å². The summed E-state index contributed by atoms with van der Waals surface area (Å²) in [4.78, 5) is 12.0. The maximum absolute atomic E-state index is 12.0. The van der Waals surface area contributed by atoms with Gasteiger partial charge < -0.3 is 4.74 Å². The molecule has 2 rings (SSSR count). The van der Waals surface area contributed by atoms with Gasteiger partial charge >= 0.3 is 0 Å². The number of ether oxygens (including phenoxy) is 1. The van der Waals surface area contributed by atoms with Gasteiger partial charge in [0.2, 0.25) is 0 Å². The van der Waals surface area contributed by atoms with Gasteiger partial charge in [0.15, 0.2) is 12.4 Å². The molecule has 0 aliphatic rings. The summed E-state index contributed by atoms with van der Waals surface area (Å²) in [6.45, 7) is 4.40. The highest BCUT2D eigenvalue weighted by Crippen LogP contribution is 2.28. The molecular weight excluding hydrogens is 248 g/mol. The zero-order chi connectivity index (χ0) is 14.4. The van der Waals surface area contributed by atoms with Gasteiger partial charge in [-0.15, -0.1) is 0 Å². The third-order valence-electron chi connectivity index (χ3n) is 3.52. The van der Waals surface area contributed by atoms with Crippen molar-refractivity contribution >= 4 is 5.78 Å². The highest BCUT2D eigenvalue weighted by Gasteiger charge is 2.11. The van der Waals surface area contributed by atoms with E-state index in [9.17, 15) is 4.79 Å². The van der Waals surface area contributed by atoms with Gasteiger partial charge in [-0.3, -0.25) is 4.79 Å². The molecule has 0 saturated heterocycles. The third kappa shape index (κ3) is 3.47. The summed E-state index contributed by atoms with van der Waals surface area (Å²) in [6.07, 6.45) is 1.05. The lowest BCUT2D eigenvalue weighted by molar-refractivity contribution is 0.0920. The van der Waals surface area contributed by atoms with Crippen LogP contribution in [-0.4, -0.2) is 12.4 Å². The third-order valence-corrected chi connectivity index (χ3v) is 3.52. The number of carbonyl (C=O) groups excluding carboxylic acids is 1. The molecule has 0 aliphatic carbocycles. The molecule has 2 heteroatoms. The van der Waals surface area contributed by atoms with E-state index < -0.39 is 0 Å². The van der Waals surface area contributed by atoms with E-state index in [-0.39, 0.29) is 12.4 Å². The van der Waals surface area contributed by atoms with Crippen molar-refractivity contribution in [1.82, 2.24) is 0 Å². The summed E-state index contributed by atoms with van der Waals surface area (Å²) < 4.78 is 5.73. The number of para-hydroxylation sites is 1. The zero-order valence-electron chi connectivity index (χ0n) is 12.0. The van der Waals surface area contributed by atoms with Crippen LogP contribution in [0.1, 0.15) is 42.1 Å². The predicted molar refractivity (Wildman–Crippen MR) is 81.4 cm³/mol. The summed E-state index contributed by atoms with van der Waals surface area (Å²) in [7, 11) is 0. The van der Waals surface area contributed by atoms with Crippen LogP contribution < -0.4 is 4.74 Å². The highest BCUT2D eigenvalue weighted by molar-refractivity contribution is 5.97. The second-order valence-electron chi connectivity index (χ2n) is 4.92. The first-order valence-electron chi connectivity index (χ1n) is 7.02. The Kier molecular flexibility index (Phi) is 4.94. The van der Waals surface area contributed by atoms with Crippen LogP contribution in [0.3, 0.4) is 0 Å². The van der Waals surface area contributed by atoms with E-state index >= 15 is 0 Å². The molecule has 0 N–H and O–H groups in total. The van der Waals surface area contributed by atoms with Crippen molar-refractivity contribution < 1.29 is 9.53 Å². The molecule has 0 amide bonds.